The normalized spacial score (nSPS) is 15.0. The lowest BCUT2D eigenvalue weighted by Gasteiger charge is -2.27. The number of ether oxygens (including phenoxy) is 1. The van der Waals surface area contributed by atoms with Crippen LogP contribution in [-0.4, -0.2) is 22.9 Å². The standard InChI is InChI=1S/C30H24N2O2/c1-34-22-13-9-12-21(18-22)28-27(25-16-7-8-17-26(25)31-28)29-23-14-5-6-15-24(23)30(33)32(29)19-20-10-3-2-4-11-20/h2-18,29,31H,19H2,1H3/t29-/m0/s1. The van der Waals surface area contributed by atoms with E-state index in [2.05, 4.69) is 47.4 Å². The lowest BCUT2D eigenvalue weighted by molar-refractivity contribution is 0.0737. The molecule has 0 aliphatic carbocycles. The van der Waals surface area contributed by atoms with Gasteiger partial charge in [-0.3, -0.25) is 4.79 Å². The van der Waals surface area contributed by atoms with Crippen molar-refractivity contribution in [2.45, 2.75) is 12.6 Å². The van der Waals surface area contributed by atoms with Crippen LogP contribution in [0.3, 0.4) is 0 Å². The zero-order valence-corrected chi connectivity index (χ0v) is 18.9. The van der Waals surface area contributed by atoms with E-state index in [1.807, 2.05) is 65.6 Å². The highest BCUT2D eigenvalue weighted by Gasteiger charge is 2.40. The van der Waals surface area contributed by atoms with Crippen LogP contribution in [0.2, 0.25) is 0 Å². The second kappa shape index (κ2) is 8.23. The fourth-order valence-corrected chi connectivity index (χ4v) is 5.08. The Morgan fingerprint density at radius 3 is 2.47 bits per heavy atom. The molecule has 34 heavy (non-hydrogen) atoms. The molecule has 6 rings (SSSR count). The number of carbonyl (C=O) groups excluding carboxylic acids is 1. The van der Waals surface area contributed by atoms with Crippen molar-refractivity contribution in [2.24, 2.45) is 0 Å². The van der Waals surface area contributed by atoms with E-state index in [4.69, 9.17) is 4.74 Å². The van der Waals surface area contributed by atoms with E-state index in [0.717, 1.165) is 50.2 Å². The summed E-state index contributed by atoms with van der Waals surface area (Å²) >= 11 is 0. The number of H-pyrrole nitrogens is 1. The van der Waals surface area contributed by atoms with E-state index < -0.39 is 0 Å². The van der Waals surface area contributed by atoms with E-state index >= 15 is 0 Å². The van der Waals surface area contributed by atoms with Gasteiger partial charge in [-0.1, -0.05) is 78.9 Å². The van der Waals surface area contributed by atoms with Gasteiger partial charge >= 0.3 is 0 Å². The Bertz CT molecular complexity index is 1500. The summed E-state index contributed by atoms with van der Waals surface area (Å²) in [5, 5.41) is 1.12. The first-order chi connectivity index (χ1) is 16.7. The maximum absolute atomic E-state index is 13.7. The third-order valence-electron chi connectivity index (χ3n) is 6.63. The molecule has 0 unspecified atom stereocenters. The van der Waals surface area contributed by atoms with Crippen molar-refractivity contribution >= 4 is 16.8 Å². The average molecular weight is 445 g/mol. The number of hydrogen-bond acceptors (Lipinski definition) is 2. The summed E-state index contributed by atoms with van der Waals surface area (Å²) in [6.45, 7) is 0.538. The molecule has 1 aliphatic rings. The zero-order chi connectivity index (χ0) is 23.1. The lowest BCUT2D eigenvalue weighted by Crippen LogP contribution is -2.28. The number of benzene rings is 4. The highest BCUT2D eigenvalue weighted by molar-refractivity contribution is 6.02. The number of aromatic nitrogens is 1. The Balaban J connectivity index is 1.60. The molecule has 0 radical (unpaired) electrons. The fourth-order valence-electron chi connectivity index (χ4n) is 5.08. The minimum absolute atomic E-state index is 0.0614. The number of aromatic amines is 1. The number of nitrogens with zero attached hydrogens (tertiary/aromatic N) is 1. The van der Waals surface area contributed by atoms with Gasteiger partial charge in [0.1, 0.15) is 5.75 Å². The number of para-hydroxylation sites is 1. The predicted octanol–water partition coefficient (Wildman–Crippen LogP) is 6.59. The van der Waals surface area contributed by atoms with Crippen LogP contribution in [0.1, 0.15) is 33.1 Å². The largest absolute Gasteiger partial charge is 0.497 e. The number of amides is 1. The van der Waals surface area contributed by atoms with Crippen LogP contribution in [0.4, 0.5) is 0 Å². The van der Waals surface area contributed by atoms with Crippen LogP contribution in [0.5, 0.6) is 5.75 Å². The molecule has 1 amide bonds. The third kappa shape index (κ3) is 3.27. The molecule has 1 N–H and O–H groups in total. The number of rotatable bonds is 5. The van der Waals surface area contributed by atoms with Crippen LogP contribution in [0.25, 0.3) is 22.2 Å². The monoisotopic (exact) mass is 444 g/mol. The molecule has 166 valence electrons. The molecule has 0 saturated heterocycles. The summed E-state index contributed by atoms with van der Waals surface area (Å²) in [4.78, 5) is 19.3. The van der Waals surface area contributed by atoms with Crippen molar-refractivity contribution in [1.29, 1.82) is 0 Å². The highest BCUT2D eigenvalue weighted by Crippen LogP contribution is 2.46. The first-order valence-electron chi connectivity index (χ1n) is 11.4. The van der Waals surface area contributed by atoms with E-state index in [9.17, 15) is 4.79 Å². The van der Waals surface area contributed by atoms with E-state index in [-0.39, 0.29) is 11.9 Å². The van der Waals surface area contributed by atoms with Gasteiger partial charge in [-0.15, -0.1) is 0 Å². The molecular formula is C30H24N2O2. The maximum atomic E-state index is 13.7. The molecule has 1 atom stereocenters. The number of nitrogens with one attached hydrogen (secondary N) is 1. The Labute approximate surface area is 198 Å². The van der Waals surface area contributed by atoms with Crippen molar-refractivity contribution in [1.82, 2.24) is 9.88 Å². The van der Waals surface area contributed by atoms with E-state index in [1.165, 1.54) is 0 Å². The summed E-state index contributed by atoms with van der Waals surface area (Å²) < 4.78 is 5.51. The van der Waals surface area contributed by atoms with Gasteiger partial charge in [-0.2, -0.15) is 0 Å². The molecule has 0 bridgehead atoms. The summed E-state index contributed by atoms with van der Waals surface area (Å²) in [5.41, 5.74) is 7.11. The number of methoxy groups -OCH3 is 1. The van der Waals surface area contributed by atoms with Gasteiger partial charge < -0.3 is 14.6 Å². The van der Waals surface area contributed by atoms with Gasteiger partial charge in [-0.05, 0) is 35.4 Å². The van der Waals surface area contributed by atoms with Crippen molar-refractivity contribution in [3.63, 3.8) is 0 Å². The SMILES string of the molecule is COc1cccc(-c2[nH]c3ccccc3c2[C@@H]2c3ccccc3C(=O)N2Cc2ccccc2)c1. The van der Waals surface area contributed by atoms with Crippen LogP contribution in [0, 0.1) is 0 Å². The average Bonchev–Trinajstić information content (AvgIpc) is 3.40. The van der Waals surface area contributed by atoms with Crippen LogP contribution < -0.4 is 4.74 Å². The van der Waals surface area contributed by atoms with Gasteiger partial charge in [-0.25, -0.2) is 0 Å². The zero-order valence-electron chi connectivity index (χ0n) is 18.9. The second-order valence-corrected chi connectivity index (χ2v) is 8.60. The molecule has 1 aliphatic heterocycles. The minimum Gasteiger partial charge on any atom is -0.497 e. The maximum Gasteiger partial charge on any atom is 0.255 e. The van der Waals surface area contributed by atoms with Gasteiger partial charge in [0, 0.05) is 34.1 Å². The summed E-state index contributed by atoms with van der Waals surface area (Å²) in [6.07, 6.45) is 0. The van der Waals surface area contributed by atoms with Gasteiger partial charge in [0.15, 0.2) is 0 Å². The first-order valence-corrected chi connectivity index (χ1v) is 11.4. The smallest absolute Gasteiger partial charge is 0.255 e. The van der Waals surface area contributed by atoms with Crippen LogP contribution in [0.15, 0.2) is 103 Å². The second-order valence-electron chi connectivity index (χ2n) is 8.60. The molecular weight excluding hydrogens is 420 g/mol. The van der Waals surface area contributed by atoms with Crippen molar-refractivity contribution in [3.8, 4) is 17.0 Å². The molecule has 0 saturated carbocycles. The molecule has 0 fully saturated rings. The molecule has 4 heteroatoms. The molecule has 2 heterocycles. The van der Waals surface area contributed by atoms with Gasteiger partial charge in [0.05, 0.1) is 18.8 Å². The Kier molecular flexibility index (Phi) is 4.92. The number of fused-ring (bicyclic) bond motifs is 2. The van der Waals surface area contributed by atoms with E-state index in [1.54, 1.807) is 7.11 Å². The fraction of sp³-hybridized carbons (Fsp3) is 0.100. The highest BCUT2D eigenvalue weighted by atomic mass is 16.5. The molecule has 0 spiro atoms. The quantitative estimate of drug-likeness (QED) is 0.332. The van der Waals surface area contributed by atoms with Crippen LogP contribution >= 0.6 is 0 Å². The predicted molar refractivity (Wildman–Crippen MR) is 135 cm³/mol. The minimum atomic E-state index is -0.207. The lowest BCUT2D eigenvalue weighted by atomic mass is 9.93. The summed E-state index contributed by atoms with van der Waals surface area (Å²) in [5.74, 6) is 0.859. The molecule has 1 aromatic heterocycles. The summed E-state index contributed by atoms with van der Waals surface area (Å²) in [6, 6.07) is 34.4. The van der Waals surface area contributed by atoms with Crippen molar-refractivity contribution < 1.29 is 9.53 Å². The van der Waals surface area contributed by atoms with Crippen LogP contribution in [-0.2, 0) is 6.54 Å². The molecule has 4 nitrogen and oxygen atoms in total. The van der Waals surface area contributed by atoms with Gasteiger partial charge in [0.25, 0.3) is 5.91 Å². The Morgan fingerprint density at radius 2 is 1.62 bits per heavy atom. The first kappa shape index (κ1) is 20.3. The van der Waals surface area contributed by atoms with Crippen molar-refractivity contribution in [2.75, 3.05) is 7.11 Å². The Morgan fingerprint density at radius 1 is 0.853 bits per heavy atom. The molecule has 4 aromatic carbocycles. The Hall–Kier alpha value is -4.31. The number of hydrogen-bond donors (Lipinski definition) is 1. The van der Waals surface area contributed by atoms with Crippen molar-refractivity contribution in [3.05, 3.63) is 125 Å². The van der Waals surface area contributed by atoms with E-state index in [0.29, 0.717) is 6.54 Å². The third-order valence-corrected chi connectivity index (χ3v) is 6.63. The molecule has 5 aromatic rings. The number of carbonyl (C=O) groups is 1. The van der Waals surface area contributed by atoms with Gasteiger partial charge in [0.2, 0.25) is 0 Å². The summed E-state index contributed by atoms with van der Waals surface area (Å²) in [7, 11) is 1.68. The topological polar surface area (TPSA) is 45.3 Å².